The third-order valence-electron chi connectivity index (χ3n) is 4.71. The number of hydrazine groups is 1. The average Bonchev–Trinajstić information content (AvgIpc) is 3.19. The molecular weight excluding hydrogens is 424 g/mol. The first-order valence-electron chi connectivity index (χ1n) is 10.0. The summed E-state index contributed by atoms with van der Waals surface area (Å²) in [7, 11) is 0. The lowest BCUT2D eigenvalue weighted by Crippen LogP contribution is -2.36. The molecular formula is C18H26N8O6. The number of nitrogens with one attached hydrogen (secondary N) is 4. The van der Waals surface area contributed by atoms with E-state index < -0.39 is 16.0 Å². The molecule has 1 heterocycles. The van der Waals surface area contributed by atoms with Gasteiger partial charge in [-0.15, -0.1) is 0 Å². The number of carbonyl (C=O) groups is 2. The highest BCUT2D eigenvalue weighted by Gasteiger charge is 2.30. The maximum absolute atomic E-state index is 12.4. The number of benzene rings is 1. The molecule has 1 aliphatic heterocycles. The Bertz CT molecular complexity index is 860. The molecule has 1 saturated heterocycles. The molecule has 1 aromatic carbocycles. The van der Waals surface area contributed by atoms with E-state index in [9.17, 15) is 29.8 Å². The summed E-state index contributed by atoms with van der Waals surface area (Å²) in [5, 5.41) is 28.7. The molecule has 1 aromatic rings. The molecule has 2 rings (SSSR count). The number of hydrogen-bond acceptors (Lipinski definition) is 8. The summed E-state index contributed by atoms with van der Waals surface area (Å²) in [6.07, 6.45) is 2.74. The summed E-state index contributed by atoms with van der Waals surface area (Å²) < 4.78 is 0. The van der Waals surface area contributed by atoms with Crippen molar-refractivity contribution in [2.75, 3.05) is 18.4 Å². The number of nitro benzene ring substituents is 1. The number of anilines is 1. The lowest BCUT2D eigenvalue weighted by molar-refractivity contribution is -0.525. The van der Waals surface area contributed by atoms with E-state index in [1.165, 1.54) is 24.3 Å². The van der Waals surface area contributed by atoms with E-state index in [0.29, 0.717) is 50.9 Å². The van der Waals surface area contributed by atoms with Crippen LogP contribution in [0.5, 0.6) is 0 Å². The van der Waals surface area contributed by atoms with Gasteiger partial charge in [0.05, 0.1) is 11.0 Å². The molecule has 0 bridgehead atoms. The number of unbranched alkanes of at least 4 members (excludes halogenated alkanes) is 2. The first-order chi connectivity index (χ1) is 15.2. The zero-order chi connectivity index (χ0) is 23.5. The fourth-order valence-corrected chi connectivity index (χ4v) is 3.14. The fourth-order valence-electron chi connectivity index (χ4n) is 3.14. The van der Waals surface area contributed by atoms with Crippen molar-refractivity contribution in [2.45, 2.75) is 44.2 Å². The Morgan fingerprint density at radius 1 is 1.16 bits per heavy atom. The number of amides is 2. The second kappa shape index (κ2) is 12.1. The third-order valence-corrected chi connectivity index (χ3v) is 4.71. The number of carbonyl (C=O) groups excluding carboxylic acids is 2. The van der Waals surface area contributed by atoms with Crippen molar-refractivity contribution in [1.82, 2.24) is 16.1 Å². The topological polar surface area (TPSA) is 207 Å². The summed E-state index contributed by atoms with van der Waals surface area (Å²) in [6, 6.07) is 4.89. The van der Waals surface area contributed by atoms with Crippen molar-refractivity contribution in [1.29, 1.82) is 0 Å². The Morgan fingerprint density at radius 2 is 1.88 bits per heavy atom. The number of nitrogens with two attached hydrogens (primary N) is 1. The monoisotopic (exact) mass is 450 g/mol. The van der Waals surface area contributed by atoms with Gasteiger partial charge in [0.15, 0.2) is 5.03 Å². The molecule has 0 radical (unpaired) electrons. The van der Waals surface area contributed by atoms with Crippen molar-refractivity contribution >= 4 is 29.1 Å². The van der Waals surface area contributed by atoms with Crippen LogP contribution in [0.25, 0.3) is 0 Å². The molecule has 0 spiro atoms. The van der Waals surface area contributed by atoms with Crippen LogP contribution in [-0.2, 0) is 9.59 Å². The van der Waals surface area contributed by atoms with Crippen LogP contribution in [-0.4, -0.2) is 52.9 Å². The van der Waals surface area contributed by atoms with Gasteiger partial charge < -0.3 is 21.7 Å². The molecule has 0 saturated carbocycles. The number of hydrogen-bond donors (Lipinski definition) is 5. The van der Waals surface area contributed by atoms with Gasteiger partial charge in [-0.1, -0.05) is 11.8 Å². The lowest BCUT2D eigenvalue weighted by Gasteiger charge is -2.13. The van der Waals surface area contributed by atoms with E-state index in [2.05, 4.69) is 20.9 Å². The summed E-state index contributed by atoms with van der Waals surface area (Å²) in [5.74, 6) is -0.651. The minimum atomic E-state index is -0.787. The minimum absolute atomic E-state index is 0.0616. The quantitative estimate of drug-likeness (QED) is 0.101. The Hall–Kier alpha value is -3.81. The standard InChI is InChI=1S/C18H26N8O6/c19-18(24-26(31)32)20-9-3-1-2-4-16(27)22-13-10-15(21-11-13)17(28)23-12-5-7-14(8-6-12)25(29)30/h5-8,13,15,21H,1-4,9-11H2,(H,22,27)(H,23,28)(H3,19,20,24)/t13-,15-/m0/s1. The van der Waals surface area contributed by atoms with Gasteiger partial charge in [0, 0.05) is 43.4 Å². The minimum Gasteiger partial charge on any atom is -0.365 e. The second-order valence-corrected chi connectivity index (χ2v) is 7.20. The van der Waals surface area contributed by atoms with E-state index in [-0.39, 0.29) is 29.5 Å². The van der Waals surface area contributed by atoms with E-state index in [1.807, 2.05) is 0 Å². The van der Waals surface area contributed by atoms with Crippen LogP contribution < -0.4 is 27.1 Å². The number of nitro groups is 2. The molecule has 174 valence electrons. The molecule has 2 atom stereocenters. The Kier molecular flexibility index (Phi) is 9.28. The Labute approximate surface area is 183 Å². The molecule has 2 amide bonds. The second-order valence-electron chi connectivity index (χ2n) is 7.20. The molecule has 0 aliphatic carbocycles. The molecule has 0 unspecified atom stereocenters. The van der Waals surface area contributed by atoms with Crippen LogP contribution >= 0.6 is 0 Å². The van der Waals surface area contributed by atoms with Crippen molar-refractivity contribution in [3.63, 3.8) is 0 Å². The lowest BCUT2D eigenvalue weighted by atomic mass is 10.1. The van der Waals surface area contributed by atoms with Gasteiger partial charge in [0.2, 0.25) is 11.8 Å². The summed E-state index contributed by atoms with van der Waals surface area (Å²) in [4.78, 5) is 48.6. The SMILES string of the molecule is NC(=NCCCCCC(=O)N[C@@H]1CN[C@H](C(=O)Nc2ccc([N+](=O)[O-])cc2)C1)N[N+](=O)[O-]. The van der Waals surface area contributed by atoms with Crippen molar-refractivity contribution in [2.24, 2.45) is 10.7 Å². The molecule has 14 heteroatoms. The van der Waals surface area contributed by atoms with Gasteiger partial charge in [0.25, 0.3) is 11.6 Å². The van der Waals surface area contributed by atoms with Crippen molar-refractivity contribution < 1.29 is 19.5 Å². The number of non-ortho nitro benzene ring substituents is 1. The van der Waals surface area contributed by atoms with Crippen LogP contribution in [0, 0.1) is 20.2 Å². The first-order valence-corrected chi connectivity index (χ1v) is 10.0. The van der Waals surface area contributed by atoms with Crippen LogP contribution in [0.3, 0.4) is 0 Å². The highest BCUT2D eigenvalue weighted by Crippen LogP contribution is 2.17. The third kappa shape index (κ3) is 8.51. The maximum atomic E-state index is 12.4. The molecule has 6 N–H and O–H groups in total. The zero-order valence-corrected chi connectivity index (χ0v) is 17.3. The predicted octanol–water partition coefficient (Wildman–Crippen LogP) is 0.0364. The van der Waals surface area contributed by atoms with E-state index >= 15 is 0 Å². The molecule has 32 heavy (non-hydrogen) atoms. The zero-order valence-electron chi connectivity index (χ0n) is 17.3. The van der Waals surface area contributed by atoms with Gasteiger partial charge in [-0.2, -0.15) is 0 Å². The van der Waals surface area contributed by atoms with Gasteiger partial charge in [0.1, 0.15) is 0 Å². The molecule has 1 fully saturated rings. The van der Waals surface area contributed by atoms with Gasteiger partial charge >= 0.3 is 0 Å². The van der Waals surface area contributed by atoms with Crippen LogP contribution in [0.15, 0.2) is 29.3 Å². The van der Waals surface area contributed by atoms with Gasteiger partial charge in [-0.25, -0.2) is 15.1 Å². The summed E-state index contributed by atoms with van der Waals surface area (Å²) in [6.45, 7) is 0.786. The van der Waals surface area contributed by atoms with Crippen LogP contribution in [0.1, 0.15) is 32.1 Å². The Morgan fingerprint density at radius 3 is 2.53 bits per heavy atom. The van der Waals surface area contributed by atoms with Gasteiger partial charge in [-0.3, -0.25) is 19.7 Å². The van der Waals surface area contributed by atoms with Gasteiger partial charge in [-0.05, 0) is 31.4 Å². The number of guanidine groups is 1. The number of nitrogens with zero attached hydrogens (tertiary/aromatic N) is 3. The highest BCUT2D eigenvalue weighted by molar-refractivity contribution is 5.95. The number of aliphatic imine (C=N–C) groups is 1. The van der Waals surface area contributed by atoms with E-state index in [4.69, 9.17) is 5.73 Å². The average molecular weight is 450 g/mol. The predicted molar refractivity (Wildman–Crippen MR) is 115 cm³/mol. The largest absolute Gasteiger partial charge is 0.365 e. The van der Waals surface area contributed by atoms with Crippen molar-refractivity contribution in [3.8, 4) is 0 Å². The molecule has 0 aromatic heterocycles. The van der Waals surface area contributed by atoms with Crippen LogP contribution in [0.4, 0.5) is 11.4 Å². The normalized spacial score (nSPS) is 18.1. The highest BCUT2D eigenvalue weighted by atomic mass is 16.7. The Balaban J connectivity index is 1.62. The molecule has 1 aliphatic rings. The first kappa shape index (κ1) is 24.5. The van der Waals surface area contributed by atoms with Crippen LogP contribution in [0.2, 0.25) is 0 Å². The van der Waals surface area contributed by atoms with E-state index in [1.54, 1.807) is 5.43 Å². The molecule has 14 nitrogen and oxygen atoms in total. The number of rotatable bonds is 11. The summed E-state index contributed by atoms with van der Waals surface area (Å²) in [5.41, 5.74) is 7.44. The smallest absolute Gasteiger partial charge is 0.269 e. The maximum Gasteiger partial charge on any atom is 0.269 e. The van der Waals surface area contributed by atoms with E-state index in [0.717, 1.165) is 0 Å². The fraction of sp³-hybridized carbons (Fsp3) is 0.500. The van der Waals surface area contributed by atoms with Crippen molar-refractivity contribution in [3.05, 3.63) is 44.5 Å². The summed E-state index contributed by atoms with van der Waals surface area (Å²) >= 11 is 0.